The molecule has 146 valence electrons. The molecule has 10 heteroatoms. The van der Waals surface area contributed by atoms with Gasteiger partial charge in [0, 0.05) is 24.3 Å². The smallest absolute Gasteiger partial charge is 0.381 e. The Hall–Kier alpha value is -1.39. The maximum absolute atomic E-state index is 13.1. The molecule has 2 aliphatic heterocycles. The van der Waals surface area contributed by atoms with Crippen molar-refractivity contribution in [2.45, 2.75) is 50.5 Å². The molecule has 26 heavy (non-hydrogen) atoms. The number of carbonyl (C=O) groups is 1. The van der Waals surface area contributed by atoms with Gasteiger partial charge in [-0.25, -0.2) is 9.78 Å². The van der Waals surface area contributed by atoms with Crippen LogP contribution in [0.3, 0.4) is 0 Å². The number of thiazole rings is 1. The molecular formula is C16H22F3N3O3S. The second kappa shape index (κ2) is 7.32. The van der Waals surface area contributed by atoms with Crippen molar-refractivity contribution in [3.63, 3.8) is 0 Å². The van der Waals surface area contributed by atoms with Gasteiger partial charge in [-0.3, -0.25) is 5.32 Å². The summed E-state index contributed by atoms with van der Waals surface area (Å²) in [6.07, 6.45) is -2.99. The van der Waals surface area contributed by atoms with Gasteiger partial charge in [-0.1, -0.05) is 0 Å². The average Bonchev–Trinajstić information content (AvgIpc) is 3.02. The molecule has 0 aromatic carbocycles. The molecule has 0 spiro atoms. The standard InChI is InChI=1S/C16H22F3N3O3S/c1-15(2)9-22(8-12(25-15)16(17,18)19)14(23)21-13-20-7-11(26-13)10-3-5-24-6-4-10/h7,10,12H,3-6,8-9H2,1-2H3,(H,20,21,23). The largest absolute Gasteiger partial charge is 0.416 e. The van der Waals surface area contributed by atoms with E-state index in [2.05, 4.69) is 10.3 Å². The number of aromatic nitrogens is 1. The number of ether oxygens (including phenoxy) is 2. The van der Waals surface area contributed by atoms with Gasteiger partial charge in [-0.15, -0.1) is 11.3 Å². The fraction of sp³-hybridized carbons (Fsp3) is 0.750. The first-order chi connectivity index (χ1) is 12.1. The van der Waals surface area contributed by atoms with Gasteiger partial charge < -0.3 is 14.4 Å². The Morgan fingerprint density at radius 1 is 1.38 bits per heavy atom. The van der Waals surface area contributed by atoms with Gasteiger partial charge >= 0.3 is 12.2 Å². The Labute approximate surface area is 153 Å². The number of amides is 2. The first kappa shape index (κ1) is 19.4. The normalized spacial score (nSPS) is 24.5. The lowest BCUT2D eigenvalue weighted by molar-refractivity contribution is -0.267. The van der Waals surface area contributed by atoms with Crippen LogP contribution in [0.5, 0.6) is 0 Å². The number of hydrogen-bond acceptors (Lipinski definition) is 5. The van der Waals surface area contributed by atoms with Crippen molar-refractivity contribution in [2.75, 3.05) is 31.6 Å². The Morgan fingerprint density at radius 3 is 2.73 bits per heavy atom. The quantitative estimate of drug-likeness (QED) is 0.834. The molecule has 2 amide bonds. The third-order valence-corrected chi connectivity index (χ3v) is 5.51. The van der Waals surface area contributed by atoms with E-state index in [1.165, 1.54) is 25.2 Å². The predicted molar refractivity (Wildman–Crippen MR) is 90.5 cm³/mol. The van der Waals surface area contributed by atoms with Crippen molar-refractivity contribution in [3.05, 3.63) is 11.1 Å². The lowest BCUT2D eigenvalue weighted by atomic mass is 9.99. The molecule has 0 bridgehead atoms. The third-order valence-electron chi connectivity index (χ3n) is 4.43. The van der Waals surface area contributed by atoms with Crippen LogP contribution in [0.2, 0.25) is 0 Å². The molecule has 3 rings (SSSR count). The summed E-state index contributed by atoms with van der Waals surface area (Å²) in [5.41, 5.74) is -1.08. The van der Waals surface area contributed by atoms with Crippen LogP contribution in [0.25, 0.3) is 0 Å². The number of carbonyl (C=O) groups excluding carboxylic acids is 1. The number of alkyl halides is 3. The van der Waals surface area contributed by atoms with Crippen molar-refractivity contribution in [3.8, 4) is 0 Å². The van der Waals surface area contributed by atoms with Gasteiger partial charge in [0.05, 0.1) is 18.7 Å². The summed E-state index contributed by atoms with van der Waals surface area (Å²) in [6, 6.07) is -0.594. The highest BCUT2D eigenvalue weighted by Crippen LogP contribution is 2.34. The number of morpholine rings is 1. The van der Waals surface area contributed by atoms with Crippen molar-refractivity contribution in [1.82, 2.24) is 9.88 Å². The van der Waals surface area contributed by atoms with Crippen LogP contribution in [0.1, 0.15) is 37.5 Å². The van der Waals surface area contributed by atoms with Crippen molar-refractivity contribution >= 4 is 22.5 Å². The van der Waals surface area contributed by atoms with Gasteiger partial charge in [0.25, 0.3) is 0 Å². The van der Waals surface area contributed by atoms with E-state index in [1.807, 2.05) is 0 Å². The van der Waals surface area contributed by atoms with Gasteiger partial charge in [0.2, 0.25) is 0 Å². The van der Waals surface area contributed by atoms with Gasteiger partial charge in [0.1, 0.15) is 0 Å². The van der Waals surface area contributed by atoms with E-state index in [-0.39, 0.29) is 6.54 Å². The summed E-state index contributed by atoms with van der Waals surface area (Å²) < 4.78 is 49.6. The van der Waals surface area contributed by atoms with Crippen LogP contribution in [-0.4, -0.2) is 60.1 Å². The fourth-order valence-corrected chi connectivity index (χ4v) is 4.17. The Balaban J connectivity index is 1.64. The molecule has 1 unspecified atom stereocenters. The van der Waals surface area contributed by atoms with Crippen molar-refractivity contribution in [1.29, 1.82) is 0 Å². The maximum atomic E-state index is 13.1. The zero-order valence-electron chi connectivity index (χ0n) is 14.6. The molecule has 2 aliphatic rings. The first-order valence-corrected chi connectivity index (χ1v) is 9.30. The zero-order chi connectivity index (χ0) is 18.9. The Kier molecular flexibility index (Phi) is 5.45. The molecule has 1 N–H and O–H groups in total. The van der Waals surface area contributed by atoms with E-state index < -0.39 is 30.5 Å². The van der Waals surface area contributed by atoms with Crippen LogP contribution >= 0.6 is 11.3 Å². The molecule has 2 saturated heterocycles. The number of halogens is 3. The highest BCUT2D eigenvalue weighted by Gasteiger charge is 2.49. The third kappa shape index (κ3) is 4.66. The van der Waals surface area contributed by atoms with Crippen molar-refractivity contribution in [2.24, 2.45) is 0 Å². The summed E-state index contributed by atoms with van der Waals surface area (Å²) >= 11 is 1.36. The SMILES string of the molecule is CC1(C)CN(C(=O)Nc2ncc(C3CCOCC3)s2)CC(C(F)(F)F)O1. The number of rotatable bonds is 2. The minimum atomic E-state index is -4.52. The van der Waals surface area contributed by atoms with Crippen LogP contribution in [0.4, 0.5) is 23.1 Å². The lowest BCUT2D eigenvalue weighted by Crippen LogP contribution is -2.59. The fourth-order valence-electron chi connectivity index (χ4n) is 3.19. The number of hydrogen-bond donors (Lipinski definition) is 1. The van der Waals surface area contributed by atoms with Gasteiger partial charge in [-0.05, 0) is 32.6 Å². The topological polar surface area (TPSA) is 63.7 Å². The van der Waals surface area contributed by atoms with E-state index in [4.69, 9.17) is 9.47 Å². The predicted octanol–water partition coefficient (Wildman–Crippen LogP) is 3.61. The van der Waals surface area contributed by atoms with Crippen molar-refractivity contribution < 1.29 is 27.4 Å². The minimum Gasteiger partial charge on any atom is -0.381 e. The highest BCUT2D eigenvalue weighted by atomic mass is 32.1. The van der Waals surface area contributed by atoms with Gasteiger partial charge in [-0.2, -0.15) is 13.2 Å². The van der Waals surface area contributed by atoms with E-state index >= 15 is 0 Å². The molecule has 0 radical (unpaired) electrons. The summed E-state index contributed by atoms with van der Waals surface area (Å²) in [7, 11) is 0. The molecule has 6 nitrogen and oxygen atoms in total. The molecule has 1 atom stereocenters. The number of anilines is 1. The maximum Gasteiger partial charge on any atom is 0.416 e. The Morgan fingerprint density at radius 2 is 2.08 bits per heavy atom. The molecule has 2 fully saturated rings. The Bertz CT molecular complexity index is 644. The molecule has 1 aromatic heterocycles. The summed E-state index contributed by atoms with van der Waals surface area (Å²) in [5, 5.41) is 3.01. The van der Waals surface area contributed by atoms with E-state index in [0.717, 1.165) is 22.6 Å². The summed E-state index contributed by atoms with van der Waals surface area (Å²) in [5.74, 6) is 0.351. The van der Waals surface area contributed by atoms with E-state index in [1.54, 1.807) is 6.20 Å². The van der Waals surface area contributed by atoms with Crippen LogP contribution in [0.15, 0.2) is 6.20 Å². The molecule has 0 saturated carbocycles. The number of urea groups is 1. The molecule has 1 aromatic rings. The zero-order valence-corrected chi connectivity index (χ0v) is 15.5. The first-order valence-electron chi connectivity index (χ1n) is 8.48. The van der Waals surface area contributed by atoms with Crippen LogP contribution in [0, 0.1) is 0 Å². The van der Waals surface area contributed by atoms with Gasteiger partial charge in [0.15, 0.2) is 11.2 Å². The lowest BCUT2D eigenvalue weighted by Gasteiger charge is -2.42. The van der Waals surface area contributed by atoms with E-state index in [0.29, 0.717) is 24.3 Å². The van der Waals surface area contributed by atoms with Crippen LogP contribution in [-0.2, 0) is 9.47 Å². The second-order valence-corrected chi connectivity index (χ2v) is 8.24. The second-order valence-electron chi connectivity index (χ2n) is 7.17. The van der Waals surface area contributed by atoms with E-state index in [9.17, 15) is 18.0 Å². The van der Waals surface area contributed by atoms with Crippen LogP contribution < -0.4 is 5.32 Å². The minimum absolute atomic E-state index is 0.0730. The number of nitrogens with zero attached hydrogens (tertiary/aromatic N) is 2. The molecular weight excluding hydrogens is 371 g/mol. The number of nitrogens with one attached hydrogen (secondary N) is 1. The molecule has 3 heterocycles. The highest BCUT2D eigenvalue weighted by molar-refractivity contribution is 7.15. The molecule has 0 aliphatic carbocycles. The monoisotopic (exact) mass is 393 g/mol. The summed E-state index contributed by atoms with van der Waals surface area (Å²) in [6.45, 7) is 4.02. The summed E-state index contributed by atoms with van der Waals surface area (Å²) in [4.78, 5) is 18.8. The average molecular weight is 393 g/mol.